The summed E-state index contributed by atoms with van der Waals surface area (Å²) in [4.78, 5) is 11.3. The Hall–Kier alpha value is -0.850. The second-order valence-corrected chi connectivity index (χ2v) is 5.86. The second-order valence-electron chi connectivity index (χ2n) is 5.86. The van der Waals surface area contributed by atoms with Gasteiger partial charge in [-0.05, 0) is 46.7 Å². The maximum Gasteiger partial charge on any atom is 0.407 e. The Bertz CT molecular complexity index is 273. The molecule has 6 nitrogen and oxygen atoms in total. The number of nitrogens with one attached hydrogen (secondary N) is 2. The third-order valence-electron chi connectivity index (χ3n) is 2.78. The third kappa shape index (κ3) is 9.12. The van der Waals surface area contributed by atoms with Gasteiger partial charge in [0.2, 0.25) is 0 Å². The van der Waals surface area contributed by atoms with E-state index in [0.29, 0.717) is 32.5 Å². The molecule has 0 aromatic carbocycles. The molecule has 0 saturated carbocycles. The molecule has 1 aliphatic rings. The first-order chi connectivity index (χ1) is 9.47. The van der Waals surface area contributed by atoms with E-state index in [1.54, 1.807) is 0 Å². The standard InChI is InChI=1S/C14H28N2O4/c1-14(2,3)20-13(17)16-8-9-18-10-11-19-12-4-6-15-7-5-12/h12,15H,4-11H2,1-3H3,(H,16,17). The van der Waals surface area contributed by atoms with E-state index in [1.165, 1.54) is 0 Å². The van der Waals surface area contributed by atoms with Crippen LogP contribution in [0.1, 0.15) is 33.6 Å². The highest BCUT2D eigenvalue weighted by molar-refractivity contribution is 5.67. The van der Waals surface area contributed by atoms with E-state index >= 15 is 0 Å². The zero-order chi connectivity index (χ0) is 14.8. The molecule has 0 radical (unpaired) electrons. The van der Waals surface area contributed by atoms with Gasteiger partial charge in [0, 0.05) is 6.54 Å². The van der Waals surface area contributed by atoms with Gasteiger partial charge in [-0.1, -0.05) is 0 Å². The summed E-state index contributed by atoms with van der Waals surface area (Å²) in [5.41, 5.74) is -0.465. The molecule has 0 bridgehead atoms. The van der Waals surface area contributed by atoms with Gasteiger partial charge in [0.1, 0.15) is 5.60 Å². The van der Waals surface area contributed by atoms with Crippen LogP contribution in [0.2, 0.25) is 0 Å². The molecule has 0 aliphatic carbocycles. The van der Waals surface area contributed by atoms with Crippen molar-refractivity contribution in [1.29, 1.82) is 0 Å². The third-order valence-corrected chi connectivity index (χ3v) is 2.78. The first-order valence-electron chi connectivity index (χ1n) is 7.34. The maximum atomic E-state index is 11.3. The van der Waals surface area contributed by atoms with Gasteiger partial charge in [-0.25, -0.2) is 4.79 Å². The predicted molar refractivity (Wildman–Crippen MR) is 76.9 cm³/mol. The van der Waals surface area contributed by atoms with Crippen molar-refractivity contribution >= 4 is 6.09 Å². The fourth-order valence-electron chi connectivity index (χ4n) is 1.88. The molecule has 1 aliphatic heterocycles. The van der Waals surface area contributed by atoms with Crippen LogP contribution >= 0.6 is 0 Å². The van der Waals surface area contributed by atoms with Crippen LogP contribution < -0.4 is 10.6 Å². The molecule has 1 saturated heterocycles. The minimum atomic E-state index is -0.465. The van der Waals surface area contributed by atoms with E-state index < -0.39 is 11.7 Å². The first kappa shape index (κ1) is 17.2. The topological polar surface area (TPSA) is 68.8 Å². The van der Waals surface area contributed by atoms with Crippen molar-refractivity contribution in [3.8, 4) is 0 Å². The Morgan fingerprint density at radius 3 is 2.55 bits per heavy atom. The van der Waals surface area contributed by atoms with E-state index in [4.69, 9.17) is 14.2 Å². The number of ether oxygens (including phenoxy) is 3. The van der Waals surface area contributed by atoms with Crippen LogP contribution in [0.15, 0.2) is 0 Å². The van der Waals surface area contributed by atoms with Gasteiger partial charge in [-0.15, -0.1) is 0 Å². The van der Waals surface area contributed by atoms with Crippen molar-refractivity contribution in [2.24, 2.45) is 0 Å². The first-order valence-corrected chi connectivity index (χ1v) is 7.34. The van der Waals surface area contributed by atoms with Crippen LogP contribution in [0, 0.1) is 0 Å². The Morgan fingerprint density at radius 1 is 1.20 bits per heavy atom. The number of hydrogen-bond acceptors (Lipinski definition) is 5. The summed E-state index contributed by atoms with van der Waals surface area (Å²) in [6, 6.07) is 0. The van der Waals surface area contributed by atoms with Crippen molar-refractivity contribution in [3.63, 3.8) is 0 Å². The monoisotopic (exact) mass is 288 g/mol. The van der Waals surface area contributed by atoms with E-state index in [2.05, 4.69) is 10.6 Å². The second kappa shape index (κ2) is 9.15. The smallest absolute Gasteiger partial charge is 0.407 e. The van der Waals surface area contributed by atoms with E-state index in [1.807, 2.05) is 20.8 Å². The molecule has 0 atom stereocenters. The molecular weight excluding hydrogens is 260 g/mol. The highest BCUT2D eigenvalue weighted by Gasteiger charge is 2.15. The molecule has 20 heavy (non-hydrogen) atoms. The van der Waals surface area contributed by atoms with Gasteiger partial charge in [0.25, 0.3) is 0 Å². The van der Waals surface area contributed by atoms with Crippen LogP contribution in [0.5, 0.6) is 0 Å². The van der Waals surface area contributed by atoms with Crippen LogP contribution in [0.4, 0.5) is 4.79 Å². The van der Waals surface area contributed by atoms with Crippen LogP contribution in [0.3, 0.4) is 0 Å². The number of carbonyl (C=O) groups excluding carboxylic acids is 1. The van der Waals surface area contributed by atoms with Crippen LogP contribution in [0.25, 0.3) is 0 Å². The average molecular weight is 288 g/mol. The van der Waals surface area contributed by atoms with Crippen molar-refractivity contribution in [2.45, 2.75) is 45.3 Å². The molecule has 0 spiro atoms. The van der Waals surface area contributed by atoms with E-state index in [-0.39, 0.29) is 0 Å². The van der Waals surface area contributed by atoms with Gasteiger partial charge in [0.15, 0.2) is 0 Å². The zero-order valence-corrected chi connectivity index (χ0v) is 12.9. The van der Waals surface area contributed by atoms with Crippen molar-refractivity contribution in [3.05, 3.63) is 0 Å². The Kier molecular flexibility index (Phi) is 7.87. The molecule has 118 valence electrons. The van der Waals surface area contributed by atoms with E-state index in [0.717, 1.165) is 25.9 Å². The number of alkyl carbamates (subject to hydrolysis) is 1. The summed E-state index contributed by atoms with van der Waals surface area (Å²) < 4.78 is 16.2. The summed E-state index contributed by atoms with van der Waals surface area (Å²) in [7, 11) is 0. The number of piperidine rings is 1. The molecule has 1 rings (SSSR count). The molecular formula is C14H28N2O4. The summed E-state index contributed by atoms with van der Waals surface area (Å²) in [5.74, 6) is 0. The minimum absolute atomic E-state index is 0.361. The zero-order valence-electron chi connectivity index (χ0n) is 12.9. The lowest BCUT2D eigenvalue weighted by molar-refractivity contribution is -0.00700. The lowest BCUT2D eigenvalue weighted by atomic mass is 10.1. The van der Waals surface area contributed by atoms with Gasteiger partial charge < -0.3 is 24.8 Å². The summed E-state index contributed by atoms with van der Waals surface area (Å²) in [6.07, 6.45) is 2.09. The largest absolute Gasteiger partial charge is 0.444 e. The number of rotatable bonds is 7. The predicted octanol–water partition coefficient (Wildman–Crippen LogP) is 1.30. The Balaban J connectivity index is 1.88. The summed E-state index contributed by atoms with van der Waals surface area (Å²) in [6.45, 7) is 9.65. The molecule has 6 heteroatoms. The summed E-state index contributed by atoms with van der Waals surface area (Å²) in [5, 5.41) is 5.94. The van der Waals surface area contributed by atoms with Crippen LogP contribution in [-0.2, 0) is 14.2 Å². The fraction of sp³-hybridized carbons (Fsp3) is 0.929. The Labute approximate surface area is 121 Å². The van der Waals surface area contributed by atoms with E-state index in [9.17, 15) is 4.79 Å². The van der Waals surface area contributed by atoms with Crippen molar-refractivity contribution in [2.75, 3.05) is 39.5 Å². The number of carbonyl (C=O) groups is 1. The molecule has 2 N–H and O–H groups in total. The molecule has 0 unspecified atom stereocenters. The quantitative estimate of drug-likeness (QED) is 0.691. The highest BCUT2D eigenvalue weighted by atomic mass is 16.6. The highest BCUT2D eigenvalue weighted by Crippen LogP contribution is 2.07. The molecule has 1 fully saturated rings. The molecule has 1 heterocycles. The lowest BCUT2D eigenvalue weighted by Gasteiger charge is -2.22. The average Bonchev–Trinajstić information content (AvgIpc) is 2.37. The molecule has 0 aromatic heterocycles. The fourth-order valence-corrected chi connectivity index (χ4v) is 1.88. The lowest BCUT2D eigenvalue weighted by Crippen LogP contribution is -2.34. The van der Waals surface area contributed by atoms with Gasteiger partial charge in [-0.2, -0.15) is 0 Å². The van der Waals surface area contributed by atoms with Gasteiger partial charge >= 0.3 is 6.09 Å². The van der Waals surface area contributed by atoms with Gasteiger partial charge in [-0.3, -0.25) is 0 Å². The minimum Gasteiger partial charge on any atom is -0.444 e. The SMILES string of the molecule is CC(C)(C)OC(=O)NCCOCCOC1CCNCC1. The number of hydrogen-bond donors (Lipinski definition) is 2. The van der Waals surface area contributed by atoms with Gasteiger partial charge in [0.05, 0.1) is 25.9 Å². The van der Waals surface area contributed by atoms with Crippen molar-refractivity contribution < 1.29 is 19.0 Å². The maximum absolute atomic E-state index is 11.3. The van der Waals surface area contributed by atoms with Crippen LogP contribution in [-0.4, -0.2) is 57.3 Å². The molecule has 1 amide bonds. The number of amides is 1. The summed E-state index contributed by atoms with van der Waals surface area (Å²) >= 11 is 0. The van der Waals surface area contributed by atoms with Crippen molar-refractivity contribution in [1.82, 2.24) is 10.6 Å². The Morgan fingerprint density at radius 2 is 1.90 bits per heavy atom. The molecule has 0 aromatic rings. The normalized spacial score (nSPS) is 16.9.